The van der Waals surface area contributed by atoms with Crippen LogP contribution in [0.4, 0.5) is 5.82 Å². The van der Waals surface area contributed by atoms with Crippen molar-refractivity contribution in [3.05, 3.63) is 42.4 Å². The van der Waals surface area contributed by atoms with Crippen molar-refractivity contribution in [2.45, 2.75) is 12.8 Å². The summed E-state index contributed by atoms with van der Waals surface area (Å²) in [6.45, 7) is 0.575. The van der Waals surface area contributed by atoms with Crippen LogP contribution in [-0.2, 0) is 6.42 Å². The molecule has 2 heterocycles. The fraction of sp³-hybridized carbons (Fsp3) is 0.250. The molecule has 0 saturated heterocycles. The number of nitrogens with two attached hydrogens (primary N) is 1. The van der Waals surface area contributed by atoms with Crippen molar-refractivity contribution in [1.29, 1.82) is 0 Å². The van der Waals surface area contributed by atoms with Crippen LogP contribution in [0.1, 0.15) is 12.0 Å². The highest BCUT2D eigenvalue weighted by Crippen LogP contribution is 2.05. The molecule has 0 atom stereocenters. The highest BCUT2D eigenvalue weighted by Gasteiger charge is 1.98. The van der Waals surface area contributed by atoms with Crippen LogP contribution >= 0.6 is 0 Å². The van der Waals surface area contributed by atoms with E-state index in [1.807, 2.05) is 12.1 Å². The number of nitrogen functional groups attached to an aromatic ring is 1. The van der Waals surface area contributed by atoms with E-state index < -0.39 is 0 Å². The van der Waals surface area contributed by atoms with E-state index in [1.54, 1.807) is 24.7 Å². The summed E-state index contributed by atoms with van der Waals surface area (Å²) in [4.78, 5) is 11.9. The quantitative estimate of drug-likeness (QED) is 0.787. The molecule has 2 N–H and O–H groups in total. The normalized spacial score (nSPS) is 10.1. The summed E-state index contributed by atoms with van der Waals surface area (Å²) in [6.07, 6.45) is 7.02. The lowest BCUT2D eigenvalue weighted by molar-refractivity contribution is 0.287. The maximum atomic E-state index is 5.52. The minimum absolute atomic E-state index is 0.333. The summed E-state index contributed by atoms with van der Waals surface area (Å²) in [5.41, 5.74) is 6.76. The van der Waals surface area contributed by atoms with Crippen molar-refractivity contribution < 1.29 is 4.74 Å². The molecular weight excluding hydrogens is 216 g/mol. The van der Waals surface area contributed by atoms with Gasteiger partial charge in [-0.15, -0.1) is 0 Å². The van der Waals surface area contributed by atoms with Crippen molar-refractivity contribution in [1.82, 2.24) is 15.0 Å². The Hall–Kier alpha value is -2.17. The largest absolute Gasteiger partial charge is 0.463 e. The Balaban J connectivity index is 1.73. The molecule has 2 aromatic heterocycles. The summed E-state index contributed by atoms with van der Waals surface area (Å²) < 4.78 is 5.39. The number of rotatable bonds is 5. The first-order valence-electron chi connectivity index (χ1n) is 5.45. The Morgan fingerprint density at radius 1 is 1.12 bits per heavy atom. The molecule has 0 aromatic carbocycles. The first-order chi connectivity index (χ1) is 8.34. The van der Waals surface area contributed by atoms with E-state index >= 15 is 0 Å². The van der Waals surface area contributed by atoms with E-state index in [2.05, 4.69) is 15.0 Å². The Morgan fingerprint density at radius 3 is 2.71 bits per heavy atom. The Kier molecular flexibility index (Phi) is 3.85. The predicted octanol–water partition coefficient (Wildman–Crippen LogP) is 1.47. The number of aryl methyl sites for hydroxylation is 1. The minimum atomic E-state index is 0.333. The maximum absolute atomic E-state index is 5.52. The third-order valence-electron chi connectivity index (χ3n) is 2.25. The van der Waals surface area contributed by atoms with Crippen molar-refractivity contribution in [2.24, 2.45) is 0 Å². The van der Waals surface area contributed by atoms with Gasteiger partial charge in [0.25, 0.3) is 0 Å². The molecule has 0 saturated carbocycles. The lowest BCUT2D eigenvalue weighted by atomic mass is 10.1. The topological polar surface area (TPSA) is 73.9 Å². The fourth-order valence-corrected chi connectivity index (χ4v) is 1.41. The van der Waals surface area contributed by atoms with Crippen molar-refractivity contribution in [3.63, 3.8) is 0 Å². The van der Waals surface area contributed by atoms with E-state index in [4.69, 9.17) is 10.5 Å². The van der Waals surface area contributed by atoms with E-state index in [0.29, 0.717) is 18.4 Å². The molecule has 5 nitrogen and oxygen atoms in total. The summed E-state index contributed by atoms with van der Waals surface area (Å²) in [5.74, 6) is 0.420. The van der Waals surface area contributed by atoms with Gasteiger partial charge in [0.1, 0.15) is 5.82 Å². The first kappa shape index (κ1) is 11.3. The van der Waals surface area contributed by atoms with Gasteiger partial charge in [0.05, 0.1) is 6.61 Å². The molecule has 0 radical (unpaired) electrons. The number of nitrogens with zero attached hydrogens (tertiary/aromatic N) is 3. The van der Waals surface area contributed by atoms with Gasteiger partial charge in [-0.1, -0.05) is 0 Å². The van der Waals surface area contributed by atoms with Gasteiger partial charge in [-0.2, -0.15) is 4.98 Å². The monoisotopic (exact) mass is 230 g/mol. The summed E-state index contributed by atoms with van der Waals surface area (Å²) in [6, 6.07) is 5.96. The second-order valence-corrected chi connectivity index (χ2v) is 3.57. The number of anilines is 1. The van der Waals surface area contributed by atoms with Gasteiger partial charge in [0, 0.05) is 18.6 Å². The maximum Gasteiger partial charge on any atom is 0.318 e. The van der Waals surface area contributed by atoms with Crippen LogP contribution in [0.15, 0.2) is 36.8 Å². The Bertz CT molecular complexity index is 461. The molecular formula is C12H14N4O. The summed E-state index contributed by atoms with van der Waals surface area (Å²) >= 11 is 0. The number of hydrogen-bond donors (Lipinski definition) is 1. The molecule has 17 heavy (non-hydrogen) atoms. The van der Waals surface area contributed by atoms with Crippen LogP contribution in [0, 0.1) is 0 Å². The standard InChI is InChI=1S/C12H14N4O/c13-11-5-8-15-12(16-11)17-9-1-2-10-3-6-14-7-4-10/h3-8H,1-2,9H2,(H2,13,15,16). The number of hydrogen-bond acceptors (Lipinski definition) is 5. The predicted molar refractivity (Wildman–Crippen MR) is 64.5 cm³/mol. The molecule has 0 unspecified atom stereocenters. The lowest BCUT2D eigenvalue weighted by Gasteiger charge is -2.04. The molecule has 0 amide bonds. The van der Waals surface area contributed by atoms with Crippen LogP contribution in [-0.4, -0.2) is 21.6 Å². The minimum Gasteiger partial charge on any atom is -0.463 e. The molecule has 2 aromatic rings. The van der Waals surface area contributed by atoms with Gasteiger partial charge < -0.3 is 10.5 Å². The van der Waals surface area contributed by atoms with Gasteiger partial charge in [-0.25, -0.2) is 4.98 Å². The highest BCUT2D eigenvalue weighted by molar-refractivity contribution is 5.26. The third kappa shape index (κ3) is 3.71. The van der Waals surface area contributed by atoms with Crippen molar-refractivity contribution >= 4 is 5.82 Å². The average molecular weight is 230 g/mol. The van der Waals surface area contributed by atoms with E-state index in [9.17, 15) is 0 Å². The molecule has 0 bridgehead atoms. The van der Waals surface area contributed by atoms with Crippen LogP contribution in [0.2, 0.25) is 0 Å². The molecule has 0 aliphatic carbocycles. The number of aromatic nitrogens is 3. The van der Waals surface area contributed by atoms with Crippen LogP contribution < -0.4 is 10.5 Å². The lowest BCUT2D eigenvalue weighted by Crippen LogP contribution is -2.03. The summed E-state index contributed by atoms with van der Waals surface area (Å²) in [7, 11) is 0. The number of pyridine rings is 1. The zero-order valence-corrected chi connectivity index (χ0v) is 9.41. The Morgan fingerprint density at radius 2 is 1.94 bits per heavy atom. The van der Waals surface area contributed by atoms with Gasteiger partial charge in [-0.3, -0.25) is 4.98 Å². The first-order valence-corrected chi connectivity index (χ1v) is 5.45. The smallest absolute Gasteiger partial charge is 0.318 e. The van der Waals surface area contributed by atoms with E-state index in [1.165, 1.54) is 5.56 Å². The third-order valence-corrected chi connectivity index (χ3v) is 2.25. The molecule has 5 heteroatoms. The van der Waals surface area contributed by atoms with E-state index in [-0.39, 0.29) is 0 Å². The van der Waals surface area contributed by atoms with Crippen molar-refractivity contribution in [3.8, 4) is 6.01 Å². The van der Waals surface area contributed by atoms with Gasteiger partial charge in [-0.05, 0) is 36.6 Å². The molecule has 0 fully saturated rings. The molecule has 0 aliphatic rings. The van der Waals surface area contributed by atoms with Crippen molar-refractivity contribution in [2.75, 3.05) is 12.3 Å². The zero-order valence-electron chi connectivity index (χ0n) is 9.41. The highest BCUT2D eigenvalue weighted by atomic mass is 16.5. The molecule has 0 spiro atoms. The van der Waals surface area contributed by atoms with Crippen LogP contribution in [0.25, 0.3) is 0 Å². The van der Waals surface area contributed by atoms with Crippen LogP contribution in [0.3, 0.4) is 0 Å². The summed E-state index contributed by atoms with van der Waals surface area (Å²) in [5, 5.41) is 0. The Labute approximate surface area is 99.7 Å². The van der Waals surface area contributed by atoms with Crippen LogP contribution in [0.5, 0.6) is 6.01 Å². The fourth-order valence-electron chi connectivity index (χ4n) is 1.41. The molecule has 2 rings (SSSR count). The van der Waals surface area contributed by atoms with Gasteiger partial charge >= 0.3 is 6.01 Å². The second-order valence-electron chi connectivity index (χ2n) is 3.57. The number of ether oxygens (including phenoxy) is 1. The van der Waals surface area contributed by atoms with E-state index in [0.717, 1.165) is 12.8 Å². The average Bonchev–Trinajstić information content (AvgIpc) is 2.36. The second kappa shape index (κ2) is 5.79. The SMILES string of the molecule is Nc1ccnc(OCCCc2ccncc2)n1. The van der Waals surface area contributed by atoms with Gasteiger partial charge in [0.2, 0.25) is 0 Å². The molecule has 0 aliphatic heterocycles. The van der Waals surface area contributed by atoms with Gasteiger partial charge in [0.15, 0.2) is 0 Å². The zero-order chi connectivity index (χ0) is 11.9. The molecule has 88 valence electrons.